The SMILES string of the molecule is CCCCCCCCCCc1cccc(OC(CCC)OC(=O)C(CCC)[N+](C)(C)Cc2ccccc2)c1. The van der Waals surface area contributed by atoms with E-state index >= 15 is 0 Å². The Morgan fingerprint density at radius 1 is 0.737 bits per heavy atom. The second-order valence-electron chi connectivity index (χ2n) is 11.4. The number of carbonyl (C=O) groups is 1. The quantitative estimate of drug-likeness (QED) is 0.0751. The lowest BCUT2D eigenvalue weighted by molar-refractivity contribution is -0.920. The van der Waals surface area contributed by atoms with Crippen molar-refractivity contribution in [2.75, 3.05) is 14.1 Å². The summed E-state index contributed by atoms with van der Waals surface area (Å²) in [6.07, 6.45) is 14.4. The van der Waals surface area contributed by atoms with Crippen LogP contribution < -0.4 is 4.74 Å². The molecule has 0 bridgehead atoms. The van der Waals surface area contributed by atoms with E-state index in [2.05, 4.69) is 77.3 Å². The molecule has 0 spiro atoms. The molecule has 2 unspecified atom stereocenters. The summed E-state index contributed by atoms with van der Waals surface area (Å²) in [4.78, 5) is 13.5. The van der Waals surface area contributed by atoms with E-state index in [4.69, 9.17) is 9.47 Å². The Morgan fingerprint density at radius 2 is 1.37 bits per heavy atom. The molecule has 0 aliphatic rings. The molecule has 2 rings (SSSR count). The van der Waals surface area contributed by atoms with E-state index in [0.717, 1.165) is 38.0 Å². The van der Waals surface area contributed by atoms with Crippen molar-refractivity contribution in [3.8, 4) is 5.75 Å². The topological polar surface area (TPSA) is 35.5 Å². The molecule has 0 amide bonds. The lowest BCUT2D eigenvalue weighted by atomic mass is 10.0. The molecule has 0 fully saturated rings. The lowest BCUT2D eigenvalue weighted by Gasteiger charge is -2.37. The summed E-state index contributed by atoms with van der Waals surface area (Å²) < 4.78 is 12.9. The van der Waals surface area contributed by atoms with Gasteiger partial charge in [-0.25, -0.2) is 4.79 Å². The van der Waals surface area contributed by atoms with Gasteiger partial charge < -0.3 is 14.0 Å². The van der Waals surface area contributed by atoms with Crippen molar-refractivity contribution in [1.82, 2.24) is 0 Å². The molecule has 4 nitrogen and oxygen atoms in total. The number of rotatable bonds is 20. The number of hydrogen-bond acceptors (Lipinski definition) is 3. The number of quaternary nitrogens is 1. The van der Waals surface area contributed by atoms with Crippen molar-refractivity contribution in [2.45, 2.75) is 123 Å². The van der Waals surface area contributed by atoms with Crippen LogP contribution in [-0.2, 0) is 22.5 Å². The predicted molar refractivity (Wildman–Crippen MR) is 159 cm³/mol. The fourth-order valence-electron chi connectivity index (χ4n) is 5.17. The van der Waals surface area contributed by atoms with Crippen LogP contribution in [0.25, 0.3) is 0 Å². The standard InChI is InChI=1S/C34H54NO3/c1-6-9-10-11-12-13-14-16-22-29-25-19-26-31(27-29)37-33(21-8-3)38-34(36)32(20-7-2)35(4,5)28-30-23-17-15-18-24-30/h15,17-19,23-27,32-33H,6-14,16,20-22,28H2,1-5H3/q+1. The molecule has 0 saturated carbocycles. The van der Waals surface area contributed by atoms with E-state index in [-0.39, 0.29) is 12.0 Å². The highest BCUT2D eigenvalue weighted by Gasteiger charge is 2.37. The van der Waals surface area contributed by atoms with E-state index in [1.165, 1.54) is 62.5 Å². The third kappa shape index (κ3) is 12.0. The van der Waals surface area contributed by atoms with Gasteiger partial charge in [0.2, 0.25) is 6.29 Å². The zero-order valence-electron chi connectivity index (χ0n) is 24.9. The number of unbranched alkanes of at least 4 members (excludes halogenated alkanes) is 7. The maximum Gasteiger partial charge on any atom is 0.368 e. The molecular formula is C34H54NO3+. The Labute approximate surface area is 233 Å². The van der Waals surface area contributed by atoms with Gasteiger partial charge in [0.25, 0.3) is 0 Å². The van der Waals surface area contributed by atoms with Crippen molar-refractivity contribution in [1.29, 1.82) is 0 Å². The number of ether oxygens (including phenoxy) is 2. The van der Waals surface area contributed by atoms with Crippen molar-refractivity contribution >= 4 is 5.97 Å². The minimum absolute atomic E-state index is 0.165. The monoisotopic (exact) mass is 524 g/mol. The molecule has 212 valence electrons. The van der Waals surface area contributed by atoms with Gasteiger partial charge in [-0.1, -0.05) is 108 Å². The maximum atomic E-state index is 13.5. The maximum absolute atomic E-state index is 13.5. The van der Waals surface area contributed by atoms with E-state index in [1.54, 1.807) is 0 Å². The van der Waals surface area contributed by atoms with Gasteiger partial charge in [-0.3, -0.25) is 0 Å². The third-order valence-corrected chi connectivity index (χ3v) is 7.37. The van der Waals surface area contributed by atoms with Crippen LogP contribution >= 0.6 is 0 Å². The summed E-state index contributed by atoms with van der Waals surface area (Å²) in [5, 5.41) is 0. The Balaban J connectivity index is 1.94. The van der Waals surface area contributed by atoms with Crippen LogP contribution in [-0.4, -0.2) is 36.9 Å². The van der Waals surface area contributed by atoms with E-state index in [0.29, 0.717) is 10.9 Å². The summed E-state index contributed by atoms with van der Waals surface area (Å²) in [5.41, 5.74) is 2.51. The number of esters is 1. The Hall–Kier alpha value is -2.33. The second kappa shape index (κ2) is 18.0. The second-order valence-corrected chi connectivity index (χ2v) is 11.4. The molecule has 4 heteroatoms. The zero-order valence-corrected chi connectivity index (χ0v) is 24.9. The van der Waals surface area contributed by atoms with Crippen molar-refractivity contribution < 1.29 is 18.8 Å². The van der Waals surface area contributed by atoms with Gasteiger partial charge in [0, 0.05) is 18.4 Å². The summed E-state index contributed by atoms with van der Waals surface area (Å²) in [6, 6.07) is 18.5. The van der Waals surface area contributed by atoms with E-state index in [9.17, 15) is 4.79 Å². The lowest BCUT2D eigenvalue weighted by Crippen LogP contribution is -2.53. The Kier molecular flexibility index (Phi) is 15.1. The van der Waals surface area contributed by atoms with Gasteiger partial charge in [0.1, 0.15) is 12.3 Å². The molecule has 2 aromatic rings. The summed E-state index contributed by atoms with van der Waals surface area (Å²) in [6.45, 7) is 7.27. The molecule has 0 saturated heterocycles. The molecule has 2 aromatic carbocycles. The van der Waals surface area contributed by atoms with Crippen LogP contribution in [0.3, 0.4) is 0 Å². The highest BCUT2D eigenvalue weighted by Crippen LogP contribution is 2.23. The zero-order chi connectivity index (χ0) is 27.6. The molecule has 38 heavy (non-hydrogen) atoms. The Bertz CT molecular complexity index is 896. The van der Waals surface area contributed by atoms with Crippen LogP contribution in [0.4, 0.5) is 0 Å². The third-order valence-electron chi connectivity index (χ3n) is 7.37. The number of benzene rings is 2. The van der Waals surface area contributed by atoms with Crippen LogP contribution in [0, 0.1) is 0 Å². The minimum Gasteiger partial charge on any atom is -0.455 e. The highest BCUT2D eigenvalue weighted by molar-refractivity contribution is 5.74. The van der Waals surface area contributed by atoms with Crippen LogP contribution in [0.5, 0.6) is 5.75 Å². The van der Waals surface area contributed by atoms with Gasteiger partial charge in [-0.2, -0.15) is 0 Å². The highest BCUT2D eigenvalue weighted by atomic mass is 16.7. The van der Waals surface area contributed by atoms with Gasteiger partial charge in [0.05, 0.1) is 14.1 Å². The molecule has 0 aromatic heterocycles. The smallest absolute Gasteiger partial charge is 0.368 e. The summed E-state index contributed by atoms with van der Waals surface area (Å²) >= 11 is 0. The van der Waals surface area contributed by atoms with E-state index < -0.39 is 6.29 Å². The van der Waals surface area contributed by atoms with Gasteiger partial charge in [0.15, 0.2) is 6.04 Å². The number of hydrogen-bond donors (Lipinski definition) is 0. The van der Waals surface area contributed by atoms with Crippen molar-refractivity contribution in [2.24, 2.45) is 0 Å². The predicted octanol–water partition coefficient (Wildman–Crippen LogP) is 8.86. The number of likely N-dealkylation sites (N-methyl/N-ethyl adjacent to an activating group) is 1. The van der Waals surface area contributed by atoms with Crippen molar-refractivity contribution in [3.05, 3.63) is 65.7 Å². The fraction of sp³-hybridized carbons (Fsp3) is 0.618. The van der Waals surface area contributed by atoms with Crippen LogP contribution in [0.2, 0.25) is 0 Å². The first-order chi connectivity index (χ1) is 18.4. The van der Waals surface area contributed by atoms with Crippen LogP contribution in [0.15, 0.2) is 54.6 Å². The van der Waals surface area contributed by atoms with Gasteiger partial charge >= 0.3 is 5.97 Å². The molecular weight excluding hydrogens is 470 g/mol. The number of aryl methyl sites for hydroxylation is 1. The number of nitrogens with zero attached hydrogens (tertiary/aromatic N) is 1. The number of carbonyl (C=O) groups excluding carboxylic acids is 1. The van der Waals surface area contributed by atoms with Crippen LogP contribution in [0.1, 0.15) is 109 Å². The average Bonchev–Trinajstić information content (AvgIpc) is 2.89. The fourth-order valence-corrected chi connectivity index (χ4v) is 5.17. The van der Waals surface area contributed by atoms with Crippen molar-refractivity contribution in [3.63, 3.8) is 0 Å². The van der Waals surface area contributed by atoms with E-state index in [1.807, 2.05) is 12.1 Å². The summed E-state index contributed by atoms with van der Waals surface area (Å²) in [5.74, 6) is 0.625. The summed E-state index contributed by atoms with van der Waals surface area (Å²) in [7, 11) is 4.25. The molecule has 0 N–H and O–H groups in total. The Morgan fingerprint density at radius 3 is 2.03 bits per heavy atom. The minimum atomic E-state index is -0.568. The molecule has 0 radical (unpaired) electrons. The normalized spacial score (nSPS) is 13.2. The molecule has 2 atom stereocenters. The van der Waals surface area contributed by atoms with Gasteiger partial charge in [-0.05, 0) is 43.4 Å². The first kappa shape index (κ1) is 31.9. The largest absolute Gasteiger partial charge is 0.455 e. The molecule has 0 heterocycles. The van der Waals surface area contributed by atoms with Gasteiger partial charge in [-0.15, -0.1) is 0 Å². The first-order valence-corrected chi connectivity index (χ1v) is 15.2. The average molecular weight is 525 g/mol. The first-order valence-electron chi connectivity index (χ1n) is 15.2. The molecule has 0 aliphatic carbocycles. The molecule has 0 aliphatic heterocycles.